The van der Waals surface area contributed by atoms with Gasteiger partial charge >= 0.3 is 0 Å². The summed E-state index contributed by atoms with van der Waals surface area (Å²) in [7, 11) is 0. The van der Waals surface area contributed by atoms with Gasteiger partial charge in [-0.2, -0.15) is 0 Å². The Morgan fingerprint density at radius 3 is 2.67 bits per heavy atom. The maximum atomic E-state index is 10.4. The highest BCUT2D eigenvalue weighted by Gasteiger charge is 2.03. The molecule has 0 aliphatic carbocycles. The van der Waals surface area contributed by atoms with Crippen LogP contribution in [0.25, 0.3) is 0 Å². The molecule has 0 unspecified atom stereocenters. The normalized spacial score (nSPS) is 10.9. The average molecular weight is 227 g/mol. The molecule has 0 aromatic carbocycles. The first kappa shape index (κ1) is 12.3. The van der Waals surface area contributed by atoms with E-state index >= 15 is 0 Å². The summed E-state index contributed by atoms with van der Waals surface area (Å²) in [5.41, 5.74) is 0. The van der Waals surface area contributed by atoms with Gasteiger partial charge in [0.2, 0.25) is 0 Å². The van der Waals surface area contributed by atoms with Gasteiger partial charge in [0.25, 0.3) is 0 Å². The summed E-state index contributed by atoms with van der Waals surface area (Å²) in [5, 5.41) is 0.823. The fourth-order valence-corrected chi connectivity index (χ4v) is 2.16. The van der Waals surface area contributed by atoms with Gasteiger partial charge in [-0.1, -0.05) is 25.6 Å². The smallest absolute Gasteiger partial charge is 0.185 e. The van der Waals surface area contributed by atoms with Gasteiger partial charge in [0.05, 0.1) is 0 Å². The molecule has 0 atom stereocenters. The van der Waals surface area contributed by atoms with Crippen molar-refractivity contribution >= 4 is 18.0 Å². The maximum Gasteiger partial charge on any atom is 0.185 e. The molecule has 0 saturated carbocycles. The molecule has 0 aliphatic rings. The van der Waals surface area contributed by atoms with Gasteiger partial charge in [0.1, 0.15) is 0 Å². The molecule has 84 valence electrons. The molecule has 1 rings (SSSR count). The number of aldehydes is 1. The van der Waals surface area contributed by atoms with Crippen molar-refractivity contribution < 1.29 is 9.21 Å². The topological polar surface area (TPSA) is 33.5 Å². The molecule has 0 fully saturated rings. The monoisotopic (exact) mass is 227 g/mol. The zero-order chi connectivity index (χ0) is 11.1. The molecule has 4 heteroatoms. The summed E-state index contributed by atoms with van der Waals surface area (Å²) in [4.78, 5) is 12.7. The Hall–Kier alpha value is -0.740. The van der Waals surface area contributed by atoms with Crippen LogP contribution < -0.4 is 0 Å². The molecule has 1 heterocycles. The molecular formula is C11H17NO2S. The second-order valence-corrected chi connectivity index (χ2v) is 4.25. The van der Waals surface area contributed by atoms with Gasteiger partial charge in [0, 0.05) is 12.3 Å². The van der Waals surface area contributed by atoms with Gasteiger partial charge in [-0.15, -0.1) is 0 Å². The molecule has 15 heavy (non-hydrogen) atoms. The lowest BCUT2D eigenvalue weighted by Crippen LogP contribution is -2.25. The third-order valence-electron chi connectivity index (χ3n) is 2.26. The van der Waals surface area contributed by atoms with Crippen LogP contribution in [-0.4, -0.2) is 36.6 Å². The van der Waals surface area contributed by atoms with Crippen LogP contribution in [-0.2, 0) is 0 Å². The number of carbonyl (C=O) groups is 1. The second-order valence-electron chi connectivity index (χ2n) is 3.15. The summed E-state index contributed by atoms with van der Waals surface area (Å²) in [6.45, 7) is 7.52. The molecular weight excluding hydrogens is 210 g/mol. The highest BCUT2D eigenvalue weighted by molar-refractivity contribution is 7.99. The predicted octanol–water partition coefficient (Wildman–Crippen LogP) is 2.53. The first-order valence-electron chi connectivity index (χ1n) is 5.20. The van der Waals surface area contributed by atoms with E-state index in [0.29, 0.717) is 5.76 Å². The number of carbonyl (C=O) groups excluding carboxylic acids is 1. The van der Waals surface area contributed by atoms with E-state index in [-0.39, 0.29) is 0 Å². The standard InChI is InChI=1S/C11H17NO2S/c1-3-12(4-2)7-8-15-11-6-5-10(9-13)14-11/h5-6,9H,3-4,7-8H2,1-2H3. The van der Waals surface area contributed by atoms with Crippen molar-refractivity contribution in [2.24, 2.45) is 0 Å². The van der Waals surface area contributed by atoms with Gasteiger partial charge in [-0.05, 0) is 25.2 Å². The summed E-state index contributed by atoms with van der Waals surface area (Å²) >= 11 is 1.65. The SMILES string of the molecule is CCN(CC)CCSc1ccc(C=O)o1. The Balaban J connectivity index is 2.27. The van der Waals surface area contributed by atoms with Gasteiger partial charge < -0.3 is 9.32 Å². The first-order valence-corrected chi connectivity index (χ1v) is 6.18. The highest BCUT2D eigenvalue weighted by Crippen LogP contribution is 2.20. The number of hydrogen-bond acceptors (Lipinski definition) is 4. The zero-order valence-corrected chi connectivity index (χ0v) is 10.0. The van der Waals surface area contributed by atoms with Gasteiger partial charge in [0.15, 0.2) is 17.1 Å². The first-order chi connectivity index (χ1) is 7.30. The Labute approximate surface area is 94.8 Å². The third-order valence-corrected chi connectivity index (χ3v) is 3.16. The molecule has 0 bridgehead atoms. The van der Waals surface area contributed by atoms with E-state index in [0.717, 1.165) is 36.8 Å². The molecule has 0 aliphatic heterocycles. The van der Waals surface area contributed by atoms with Crippen molar-refractivity contribution in [2.75, 3.05) is 25.4 Å². The van der Waals surface area contributed by atoms with E-state index < -0.39 is 0 Å². The van der Waals surface area contributed by atoms with Crippen molar-refractivity contribution in [1.29, 1.82) is 0 Å². The molecule has 0 spiro atoms. The average Bonchev–Trinajstić information content (AvgIpc) is 2.72. The molecule has 0 radical (unpaired) electrons. The van der Waals surface area contributed by atoms with Crippen molar-refractivity contribution in [3.63, 3.8) is 0 Å². The number of nitrogens with zero attached hydrogens (tertiary/aromatic N) is 1. The van der Waals surface area contributed by atoms with Crippen LogP contribution in [0.3, 0.4) is 0 Å². The molecule has 0 amide bonds. The number of rotatable bonds is 7. The summed E-state index contributed by atoms with van der Waals surface area (Å²) in [6, 6.07) is 3.55. The molecule has 1 aromatic rings. The fourth-order valence-electron chi connectivity index (χ4n) is 1.29. The maximum absolute atomic E-state index is 10.4. The summed E-state index contributed by atoms with van der Waals surface area (Å²) in [6.07, 6.45) is 0.731. The van der Waals surface area contributed by atoms with Gasteiger partial charge in [-0.3, -0.25) is 4.79 Å². The van der Waals surface area contributed by atoms with Crippen molar-refractivity contribution in [2.45, 2.75) is 18.9 Å². The minimum atomic E-state index is 0.403. The highest BCUT2D eigenvalue weighted by atomic mass is 32.2. The summed E-state index contributed by atoms with van der Waals surface area (Å²) < 4.78 is 5.26. The quantitative estimate of drug-likeness (QED) is 0.529. The van der Waals surface area contributed by atoms with Crippen LogP contribution in [0.4, 0.5) is 0 Å². The van der Waals surface area contributed by atoms with Crippen molar-refractivity contribution in [3.8, 4) is 0 Å². The minimum Gasteiger partial charge on any atom is -0.447 e. The fraction of sp³-hybridized carbons (Fsp3) is 0.545. The van der Waals surface area contributed by atoms with E-state index in [1.165, 1.54) is 0 Å². The van der Waals surface area contributed by atoms with Crippen LogP contribution in [0.15, 0.2) is 21.6 Å². The van der Waals surface area contributed by atoms with E-state index in [2.05, 4.69) is 18.7 Å². The Morgan fingerprint density at radius 1 is 1.40 bits per heavy atom. The van der Waals surface area contributed by atoms with Crippen LogP contribution in [0.5, 0.6) is 0 Å². The lowest BCUT2D eigenvalue weighted by molar-refractivity contribution is 0.109. The van der Waals surface area contributed by atoms with E-state index in [4.69, 9.17) is 4.42 Å². The van der Waals surface area contributed by atoms with E-state index in [1.54, 1.807) is 17.8 Å². The van der Waals surface area contributed by atoms with Crippen molar-refractivity contribution in [3.05, 3.63) is 17.9 Å². The largest absolute Gasteiger partial charge is 0.447 e. The Bertz CT molecular complexity index is 295. The number of furan rings is 1. The lowest BCUT2D eigenvalue weighted by Gasteiger charge is -2.16. The molecule has 1 aromatic heterocycles. The van der Waals surface area contributed by atoms with Gasteiger partial charge in [-0.25, -0.2) is 0 Å². The molecule has 0 N–H and O–H groups in total. The molecule has 0 saturated heterocycles. The van der Waals surface area contributed by atoms with Crippen LogP contribution in [0.2, 0.25) is 0 Å². The van der Waals surface area contributed by atoms with Crippen LogP contribution in [0, 0.1) is 0 Å². The number of thioether (sulfide) groups is 1. The lowest BCUT2D eigenvalue weighted by atomic mass is 10.5. The zero-order valence-electron chi connectivity index (χ0n) is 9.23. The molecule has 3 nitrogen and oxygen atoms in total. The van der Waals surface area contributed by atoms with E-state index in [1.807, 2.05) is 6.07 Å². The Morgan fingerprint density at radius 2 is 2.13 bits per heavy atom. The van der Waals surface area contributed by atoms with Crippen LogP contribution in [0.1, 0.15) is 24.4 Å². The summed E-state index contributed by atoms with van der Waals surface area (Å²) in [5.74, 6) is 1.40. The van der Waals surface area contributed by atoms with Crippen molar-refractivity contribution in [1.82, 2.24) is 4.90 Å². The predicted molar refractivity (Wildman–Crippen MR) is 62.6 cm³/mol. The third kappa shape index (κ3) is 4.10. The Kier molecular flexibility index (Phi) is 5.50. The number of hydrogen-bond donors (Lipinski definition) is 0. The minimum absolute atomic E-state index is 0.403. The van der Waals surface area contributed by atoms with Crippen LogP contribution >= 0.6 is 11.8 Å². The van der Waals surface area contributed by atoms with E-state index in [9.17, 15) is 4.79 Å². The second kappa shape index (κ2) is 6.69.